The van der Waals surface area contributed by atoms with E-state index in [1.165, 1.54) is 36.8 Å². The number of carbonyl (C=O) groups excluding carboxylic acids is 1. The molecule has 1 unspecified atom stereocenters. The normalized spacial score (nSPS) is 18.5. The summed E-state index contributed by atoms with van der Waals surface area (Å²) in [6.45, 7) is 2.35. The van der Waals surface area contributed by atoms with Gasteiger partial charge >= 0.3 is 5.97 Å². The highest BCUT2D eigenvalue weighted by Gasteiger charge is 2.18. The molecule has 0 fully saturated rings. The fraction of sp³-hybridized carbons (Fsp3) is 0.588. The van der Waals surface area contributed by atoms with Gasteiger partial charge in [0.05, 0.1) is 6.61 Å². The zero-order chi connectivity index (χ0) is 13.5. The molecule has 1 aliphatic carbocycles. The lowest BCUT2D eigenvalue weighted by atomic mass is 9.88. The van der Waals surface area contributed by atoms with Crippen LogP contribution in [-0.4, -0.2) is 12.6 Å². The zero-order valence-corrected chi connectivity index (χ0v) is 11.9. The molecule has 0 amide bonds. The second-order valence-electron chi connectivity index (χ2n) is 5.34. The number of ether oxygens (including phenoxy) is 1. The molecular weight excluding hydrogens is 236 g/mol. The van der Waals surface area contributed by atoms with Crippen molar-refractivity contribution >= 4 is 5.97 Å². The highest BCUT2D eigenvalue weighted by atomic mass is 16.5. The van der Waals surface area contributed by atoms with E-state index in [9.17, 15) is 4.79 Å². The van der Waals surface area contributed by atoms with Crippen LogP contribution >= 0.6 is 0 Å². The van der Waals surface area contributed by atoms with Gasteiger partial charge in [-0.3, -0.25) is 4.79 Å². The van der Waals surface area contributed by atoms with E-state index in [0.29, 0.717) is 18.9 Å². The van der Waals surface area contributed by atoms with Gasteiger partial charge in [0.1, 0.15) is 0 Å². The maximum absolute atomic E-state index is 11.4. The number of hydrogen-bond acceptors (Lipinski definition) is 2. The van der Waals surface area contributed by atoms with E-state index in [0.717, 1.165) is 12.8 Å². The second-order valence-corrected chi connectivity index (χ2v) is 5.34. The molecule has 104 valence electrons. The summed E-state index contributed by atoms with van der Waals surface area (Å²) in [5.74, 6) is 0.581. The van der Waals surface area contributed by atoms with Crippen molar-refractivity contribution in [2.24, 2.45) is 0 Å². The summed E-state index contributed by atoms with van der Waals surface area (Å²) in [6.07, 6.45) is 7.69. The minimum atomic E-state index is -0.0515. The van der Waals surface area contributed by atoms with E-state index >= 15 is 0 Å². The Hall–Kier alpha value is -1.31. The van der Waals surface area contributed by atoms with Gasteiger partial charge in [-0.2, -0.15) is 0 Å². The number of rotatable bonds is 5. The topological polar surface area (TPSA) is 26.3 Å². The molecule has 2 rings (SSSR count). The number of hydrogen-bond donors (Lipinski definition) is 0. The Kier molecular flexibility index (Phi) is 5.44. The fourth-order valence-electron chi connectivity index (χ4n) is 3.05. The molecule has 0 saturated heterocycles. The largest absolute Gasteiger partial charge is 0.466 e. The number of benzene rings is 1. The van der Waals surface area contributed by atoms with Gasteiger partial charge in [-0.1, -0.05) is 30.7 Å². The molecule has 0 aromatic heterocycles. The molecule has 0 N–H and O–H groups in total. The van der Waals surface area contributed by atoms with Gasteiger partial charge in [0.2, 0.25) is 0 Å². The first-order valence-corrected chi connectivity index (χ1v) is 7.54. The van der Waals surface area contributed by atoms with Crippen molar-refractivity contribution < 1.29 is 9.53 Å². The molecule has 0 spiro atoms. The average molecular weight is 260 g/mol. The van der Waals surface area contributed by atoms with Crippen LogP contribution in [-0.2, 0) is 16.0 Å². The van der Waals surface area contributed by atoms with Crippen molar-refractivity contribution in [3.63, 3.8) is 0 Å². The van der Waals surface area contributed by atoms with Crippen molar-refractivity contribution in [3.05, 3.63) is 35.4 Å². The van der Waals surface area contributed by atoms with Crippen LogP contribution in [0.4, 0.5) is 0 Å². The molecule has 2 heteroatoms. The summed E-state index contributed by atoms with van der Waals surface area (Å²) in [6, 6.07) is 8.82. The van der Waals surface area contributed by atoms with Gasteiger partial charge in [0.25, 0.3) is 0 Å². The highest BCUT2D eigenvalue weighted by Crippen LogP contribution is 2.33. The van der Waals surface area contributed by atoms with Crippen LogP contribution in [0.15, 0.2) is 24.3 Å². The lowest BCUT2D eigenvalue weighted by Gasteiger charge is -2.17. The van der Waals surface area contributed by atoms with E-state index in [-0.39, 0.29) is 5.97 Å². The van der Waals surface area contributed by atoms with E-state index < -0.39 is 0 Å². The van der Waals surface area contributed by atoms with E-state index in [1.807, 2.05) is 6.92 Å². The molecule has 0 bridgehead atoms. The highest BCUT2D eigenvalue weighted by molar-refractivity contribution is 5.69. The quantitative estimate of drug-likeness (QED) is 0.585. The smallest absolute Gasteiger partial charge is 0.305 e. The predicted octanol–water partition coefficient (Wildman–Crippen LogP) is 4.23. The third kappa shape index (κ3) is 4.09. The Balaban J connectivity index is 1.91. The van der Waals surface area contributed by atoms with Crippen molar-refractivity contribution in [2.45, 2.75) is 57.8 Å². The lowest BCUT2D eigenvalue weighted by molar-refractivity contribution is -0.143. The Morgan fingerprint density at radius 1 is 1.32 bits per heavy atom. The number of esters is 1. The van der Waals surface area contributed by atoms with E-state index in [1.54, 1.807) is 0 Å². The van der Waals surface area contributed by atoms with Crippen LogP contribution in [0, 0.1) is 0 Å². The number of carbonyl (C=O) groups is 1. The summed E-state index contributed by atoms with van der Waals surface area (Å²) in [5.41, 5.74) is 3.03. The molecule has 2 nitrogen and oxygen atoms in total. The lowest BCUT2D eigenvalue weighted by Crippen LogP contribution is -2.06. The van der Waals surface area contributed by atoms with E-state index in [4.69, 9.17) is 4.74 Å². The summed E-state index contributed by atoms with van der Waals surface area (Å²) < 4.78 is 4.99. The van der Waals surface area contributed by atoms with Gasteiger partial charge in [-0.05, 0) is 56.1 Å². The van der Waals surface area contributed by atoms with Crippen LogP contribution < -0.4 is 0 Å². The van der Waals surface area contributed by atoms with Crippen molar-refractivity contribution in [1.29, 1.82) is 0 Å². The van der Waals surface area contributed by atoms with Gasteiger partial charge in [0.15, 0.2) is 0 Å². The SMILES string of the molecule is CCOC(=O)CCCC1CCCCc2ccccc21. The number of aryl methyl sites for hydroxylation is 1. The minimum absolute atomic E-state index is 0.0515. The van der Waals surface area contributed by atoms with Crippen molar-refractivity contribution in [2.75, 3.05) is 6.61 Å². The first-order valence-electron chi connectivity index (χ1n) is 7.54. The van der Waals surface area contributed by atoms with Crippen LogP contribution in [0.25, 0.3) is 0 Å². The van der Waals surface area contributed by atoms with Crippen LogP contribution in [0.3, 0.4) is 0 Å². The third-order valence-electron chi connectivity index (χ3n) is 3.98. The Bertz CT molecular complexity index is 411. The average Bonchev–Trinajstić information content (AvgIpc) is 2.62. The Morgan fingerprint density at radius 2 is 2.16 bits per heavy atom. The monoisotopic (exact) mass is 260 g/mol. The number of fused-ring (bicyclic) bond motifs is 1. The summed E-state index contributed by atoms with van der Waals surface area (Å²) in [7, 11) is 0. The zero-order valence-electron chi connectivity index (χ0n) is 11.9. The predicted molar refractivity (Wildman–Crippen MR) is 77.2 cm³/mol. The summed E-state index contributed by atoms with van der Waals surface area (Å²) >= 11 is 0. The Labute approximate surface area is 116 Å². The maximum atomic E-state index is 11.4. The van der Waals surface area contributed by atoms with Gasteiger partial charge < -0.3 is 4.74 Å². The molecule has 0 aliphatic heterocycles. The van der Waals surface area contributed by atoms with Crippen LogP contribution in [0.1, 0.15) is 62.5 Å². The first kappa shape index (κ1) is 14.1. The van der Waals surface area contributed by atoms with Gasteiger partial charge in [-0.15, -0.1) is 0 Å². The minimum Gasteiger partial charge on any atom is -0.466 e. The first-order chi connectivity index (χ1) is 9.31. The molecule has 19 heavy (non-hydrogen) atoms. The third-order valence-corrected chi connectivity index (χ3v) is 3.98. The summed E-state index contributed by atoms with van der Waals surface area (Å²) in [5, 5.41) is 0. The molecule has 1 aromatic rings. The molecule has 0 radical (unpaired) electrons. The van der Waals surface area contributed by atoms with Gasteiger partial charge in [-0.25, -0.2) is 0 Å². The molecule has 1 atom stereocenters. The molecule has 1 aliphatic rings. The fourth-order valence-corrected chi connectivity index (χ4v) is 3.05. The van der Waals surface area contributed by atoms with Crippen molar-refractivity contribution in [3.8, 4) is 0 Å². The molecule has 0 heterocycles. The van der Waals surface area contributed by atoms with Crippen LogP contribution in [0.5, 0.6) is 0 Å². The molecule has 0 saturated carbocycles. The second kappa shape index (κ2) is 7.32. The molecule has 1 aromatic carbocycles. The summed E-state index contributed by atoms with van der Waals surface area (Å²) in [4.78, 5) is 11.4. The molecular formula is C17H24O2. The Morgan fingerprint density at radius 3 is 3.00 bits per heavy atom. The maximum Gasteiger partial charge on any atom is 0.305 e. The van der Waals surface area contributed by atoms with Gasteiger partial charge in [0, 0.05) is 6.42 Å². The van der Waals surface area contributed by atoms with E-state index in [2.05, 4.69) is 24.3 Å². The van der Waals surface area contributed by atoms with Crippen molar-refractivity contribution in [1.82, 2.24) is 0 Å². The standard InChI is InChI=1S/C17H24O2/c1-2-19-17(18)13-7-11-15-9-4-3-8-14-10-5-6-12-16(14)15/h5-6,10,12,15H,2-4,7-9,11,13H2,1H3. The van der Waals surface area contributed by atoms with Crippen LogP contribution in [0.2, 0.25) is 0 Å².